The standard InChI is InChI=1S/C15H22N2S/c1-11(2)14-7-4-8-17(14)10-12-5-3-6-13(9-12)15(16)18/h3,5-6,9,11,14H,4,7-8,10H2,1-2H3,(H2,16,18). The summed E-state index contributed by atoms with van der Waals surface area (Å²) in [5.41, 5.74) is 7.97. The molecule has 1 saturated heterocycles. The number of nitrogens with two attached hydrogens (primary N) is 1. The van der Waals surface area contributed by atoms with Crippen LogP contribution in [0.5, 0.6) is 0 Å². The van der Waals surface area contributed by atoms with Crippen LogP contribution in [0.25, 0.3) is 0 Å². The summed E-state index contributed by atoms with van der Waals surface area (Å²) in [5.74, 6) is 0.728. The van der Waals surface area contributed by atoms with Crippen LogP contribution in [-0.2, 0) is 6.54 Å². The number of rotatable bonds is 4. The van der Waals surface area contributed by atoms with Gasteiger partial charge in [0.05, 0.1) is 0 Å². The third-order valence-electron chi connectivity index (χ3n) is 3.78. The maximum atomic E-state index is 5.68. The first-order chi connectivity index (χ1) is 8.58. The molecule has 0 spiro atoms. The summed E-state index contributed by atoms with van der Waals surface area (Å²) in [6.07, 6.45) is 2.64. The molecule has 2 nitrogen and oxygen atoms in total. The van der Waals surface area contributed by atoms with Crippen LogP contribution < -0.4 is 5.73 Å². The second-order valence-corrected chi connectivity index (χ2v) is 5.93. The van der Waals surface area contributed by atoms with E-state index in [1.807, 2.05) is 12.1 Å². The normalized spacial score (nSPS) is 20.5. The van der Waals surface area contributed by atoms with E-state index >= 15 is 0 Å². The third-order valence-corrected chi connectivity index (χ3v) is 4.02. The highest BCUT2D eigenvalue weighted by Crippen LogP contribution is 2.25. The van der Waals surface area contributed by atoms with Gasteiger partial charge in [-0.3, -0.25) is 4.90 Å². The zero-order chi connectivity index (χ0) is 13.1. The molecule has 0 aromatic heterocycles. The van der Waals surface area contributed by atoms with Gasteiger partial charge in [0.15, 0.2) is 0 Å². The van der Waals surface area contributed by atoms with Gasteiger partial charge >= 0.3 is 0 Å². The van der Waals surface area contributed by atoms with Crippen molar-refractivity contribution in [3.05, 3.63) is 35.4 Å². The molecule has 3 heteroatoms. The minimum absolute atomic E-state index is 0.485. The van der Waals surface area contributed by atoms with E-state index in [9.17, 15) is 0 Å². The van der Waals surface area contributed by atoms with Crippen LogP contribution in [0.15, 0.2) is 24.3 Å². The molecule has 0 saturated carbocycles. The summed E-state index contributed by atoms with van der Waals surface area (Å²) in [5, 5.41) is 0. The van der Waals surface area contributed by atoms with Gasteiger partial charge in [-0.15, -0.1) is 0 Å². The molecule has 1 aliphatic rings. The van der Waals surface area contributed by atoms with E-state index in [1.54, 1.807) is 0 Å². The predicted molar refractivity (Wildman–Crippen MR) is 80.6 cm³/mol. The monoisotopic (exact) mass is 262 g/mol. The van der Waals surface area contributed by atoms with Crippen LogP contribution in [0.3, 0.4) is 0 Å². The van der Waals surface area contributed by atoms with Gasteiger partial charge in [-0.2, -0.15) is 0 Å². The Labute approximate surface area is 115 Å². The van der Waals surface area contributed by atoms with E-state index < -0.39 is 0 Å². The third kappa shape index (κ3) is 3.09. The summed E-state index contributed by atoms with van der Waals surface area (Å²) in [4.78, 5) is 3.07. The van der Waals surface area contributed by atoms with E-state index in [0.717, 1.165) is 24.1 Å². The number of benzene rings is 1. The summed E-state index contributed by atoms with van der Waals surface area (Å²) < 4.78 is 0. The molecule has 1 atom stereocenters. The van der Waals surface area contributed by atoms with Crippen molar-refractivity contribution in [2.24, 2.45) is 11.7 Å². The topological polar surface area (TPSA) is 29.3 Å². The summed E-state index contributed by atoms with van der Waals surface area (Å²) in [6, 6.07) is 9.04. The molecular formula is C15H22N2S. The molecule has 98 valence electrons. The molecule has 2 rings (SSSR count). The van der Waals surface area contributed by atoms with Crippen LogP contribution in [-0.4, -0.2) is 22.5 Å². The first-order valence-electron chi connectivity index (χ1n) is 6.70. The molecule has 1 fully saturated rings. The van der Waals surface area contributed by atoms with Gasteiger partial charge in [0.2, 0.25) is 0 Å². The van der Waals surface area contributed by atoms with Crippen LogP contribution in [0, 0.1) is 5.92 Å². The van der Waals surface area contributed by atoms with E-state index in [0.29, 0.717) is 4.99 Å². The molecule has 18 heavy (non-hydrogen) atoms. The van der Waals surface area contributed by atoms with Crippen molar-refractivity contribution in [3.63, 3.8) is 0 Å². The van der Waals surface area contributed by atoms with Crippen molar-refractivity contribution >= 4 is 17.2 Å². The molecule has 1 aliphatic heterocycles. The summed E-state index contributed by atoms with van der Waals surface area (Å²) >= 11 is 5.03. The largest absolute Gasteiger partial charge is 0.389 e. The second kappa shape index (κ2) is 5.81. The molecule has 1 heterocycles. The van der Waals surface area contributed by atoms with Crippen LogP contribution >= 0.6 is 12.2 Å². The van der Waals surface area contributed by atoms with Crippen molar-refractivity contribution in [3.8, 4) is 0 Å². The Morgan fingerprint density at radius 2 is 2.28 bits per heavy atom. The number of likely N-dealkylation sites (tertiary alicyclic amines) is 1. The second-order valence-electron chi connectivity index (χ2n) is 5.49. The highest BCUT2D eigenvalue weighted by Gasteiger charge is 2.26. The lowest BCUT2D eigenvalue weighted by molar-refractivity contribution is 0.199. The van der Waals surface area contributed by atoms with Crippen molar-refractivity contribution in [1.29, 1.82) is 0 Å². The van der Waals surface area contributed by atoms with Gasteiger partial charge in [0.25, 0.3) is 0 Å². The van der Waals surface area contributed by atoms with Crippen molar-refractivity contribution < 1.29 is 0 Å². The lowest BCUT2D eigenvalue weighted by Gasteiger charge is -2.27. The molecule has 0 radical (unpaired) electrons. The smallest absolute Gasteiger partial charge is 0.103 e. The fourth-order valence-corrected chi connectivity index (χ4v) is 2.99. The minimum atomic E-state index is 0.485. The molecule has 0 bridgehead atoms. The molecule has 2 N–H and O–H groups in total. The summed E-state index contributed by atoms with van der Waals surface area (Å²) in [7, 11) is 0. The first kappa shape index (κ1) is 13.5. The van der Waals surface area contributed by atoms with Gasteiger partial charge in [0, 0.05) is 18.2 Å². The molecule has 0 aliphatic carbocycles. The first-order valence-corrected chi connectivity index (χ1v) is 7.11. The molecular weight excluding hydrogens is 240 g/mol. The quantitative estimate of drug-likeness (QED) is 0.846. The Bertz CT molecular complexity index is 428. The van der Waals surface area contributed by atoms with E-state index in [1.165, 1.54) is 24.9 Å². The van der Waals surface area contributed by atoms with Gasteiger partial charge < -0.3 is 5.73 Å². The Balaban J connectivity index is 2.09. The Morgan fingerprint density at radius 3 is 2.94 bits per heavy atom. The summed E-state index contributed by atoms with van der Waals surface area (Å²) in [6.45, 7) is 6.85. The maximum absolute atomic E-state index is 5.68. The van der Waals surface area contributed by atoms with Gasteiger partial charge in [-0.25, -0.2) is 0 Å². The van der Waals surface area contributed by atoms with Crippen molar-refractivity contribution in [1.82, 2.24) is 4.90 Å². The van der Waals surface area contributed by atoms with Crippen LogP contribution in [0.2, 0.25) is 0 Å². The van der Waals surface area contributed by atoms with Crippen LogP contribution in [0.4, 0.5) is 0 Å². The number of thiocarbonyl (C=S) groups is 1. The molecule has 1 aromatic rings. The SMILES string of the molecule is CC(C)C1CCCN1Cc1cccc(C(N)=S)c1. The minimum Gasteiger partial charge on any atom is -0.389 e. The van der Waals surface area contributed by atoms with E-state index in [4.69, 9.17) is 18.0 Å². The Kier molecular flexibility index (Phi) is 4.36. The van der Waals surface area contributed by atoms with E-state index in [-0.39, 0.29) is 0 Å². The lowest BCUT2D eigenvalue weighted by Crippen LogP contribution is -2.32. The van der Waals surface area contributed by atoms with Gasteiger partial charge in [-0.05, 0) is 36.9 Å². The predicted octanol–water partition coefficient (Wildman–Crippen LogP) is 2.94. The van der Waals surface area contributed by atoms with Gasteiger partial charge in [-0.1, -0.05) is 44.3 Å². The zero-order valence-corrected chi connectivity index (χ0v) is 12.0. The molecule has 1 unspecified atom stereocenters. The Hall–Kier alpha value is -0.930. The zero-order valence-electron chi connectivity index (χ0n) is 11.2. The van der Waals surface area contributed by atoms with Crippen molar-refractivity contribution in [2.45, 2.75) is 39.3 Å². The van der Waals surface area contributed by atoms with Gasteiger partial charge in [0.1, 0.15) is 4.99 Å². The highest BCUT2D eigenvalue weighted by atomic mass is 32.1. The number of nitrogens with zero attached hydrogens (tertiary/aromatic N) is 1. The Morgan fingerprint density at radius 1 is 1.50 bits per heavy atom. The fourth-order valence-electron chi connectivity index (χ4n) is 2.86. The number of hydrogen-bond donors (Lipinski definition) is 1. The average molecular weight is 262 g/mol. The fraction of sp³-hybridized carbons (Fsp3) is 0.533. The lowest BCUT2D eigenvalue weighted by atomic mass is 10.0. The van der Waals surface area contributed by atoms with Crippen molar-refractivity contribution in [2.75, 3.05) is 6.54 Å². The van der Waals surface area contributed by atoms with E-state index in [2.05, 4.69) is 30.9 Å². The molecule has 1 aromatic carbocycles. The van der Waals surface area contributed by atoms with Crippen LogP contribution in [0.1, 0.15) is 37.8 Å². The highest BCUT2D eigenvalue weighted by molar-refractivity contribution is 7.80. The number of hydrogen-bond acceptors (Lipinski definition) is 2. The average Bonchev–Trinajstić information content (AvgIpc) is 2.77. The maximum Gasteiger partial charge on any atom is 0.103 e. The molecule has 0 amide bonds.